The lowest BCUT2D eigenvalue weighted by molar-refractivity contribution is -0.128. The first kappa shape index (κ1) is 12.5. The Morgan fingerprint density at radius 3 is 2.93 bits per heavy atom. The molecule has 4 nitrogen and oxygen atoms in total. The van der Waals surface area contributed by atoms with Gasteiger partial charge in [-0.25, -0.2) is 0 Å². The molecule has 0 saturated carbocycles. The summed E-state index contributed by atoms with van der Waals surface area (Å²) >= 11 is 0. The van der Waals surface area contributed by atoms with Crippen LogP contribution in [0.2, 0.25) is 0 Å². The van der Waals surface area contributed by atoms with E-state index >= 15 is 0 Å². The average Bonchev–Trinajstić information content (AvgIpc) is 2.18. The van der Waals surface area contributed by atoms with Crippen LogP contribution in [0.3, 0.4) is 0 Å². The predicted molar refractivity (Wildman–Crippen MR) is 59.7 cm³/mol. The van der Waals surface area contributed by atoms with E-state index in [4.69, 9.17) is 4.74 Å². The minimum absolute atomic E-state index is 0.00995. The van der Waals surface area contributed by atoms with E-state index in [2.05, 4.69) is 17.6 Å². The Morgan fingerprint density at radius 2 is 2.33 bits per heavy atom. The van der Waals surface area contributed by atoms with Gasteiger partial charge in [0.25, 0.3) is 0 Å². The molecular formula is C11H22N2O2. The number of hydrogen-bond acceptors (Lipinski definition) is 3. The Kier molecular flexibility index (Phi) is 5.05. The van der Waals surface area contributed by atoms with Crippen LogP contribution in [0.25, 0.3) is 0 Å². The van der Waals surface area contributed by atoms with Gasteiger partial charge in [-0.05, 0) is 32.7 Å². The highest BCUT2D eigenvalue weighted by atomic mass is 16.5. The summed E-state index contributed by atoms with van der Waals surface area (Å²) in [5.41, 5.74) is 0. The molecule has 0 aromatic rings. The van der Waals surface area contributed by atoms with Gasteiger partial charge in [0, 0.05) is 12.6 Å². The Labute approximate surface area is 91.8 Å². The van der Waals surface area contributed by atoms with E-state index in [1.54, 1.807) is 0 Å². The molecule has 1 fully saturated rings. The van der Waals surface area contributed by atoms with Gasteiger partial charge in [0.05, 0.1) is 6.10 Å². The van der Waals surface area contributed by atoms with E-state index in [0.29, 0.717) is 5.92 Å². The second-order valence-corrected chi connectivity index (χ2v) is 4.50. The lowest BCUT2D eigenvalue weighted by Crippen LogP contribution is -2.51. The van der Waals surface area contributed by atoms with Crippen molar-refractivity contribution in [1.82, 2.24) is 10.6 Å². The number of amides is 1. The van der Waals surface area contributed by atoms with Crippen LogP contribution >= 0.6 is 0 Å². The molecule has 0 radical (unpaired) electrons. The summed E-state index contributed by atoms with van der Waals surface area (Å²) in [6, 6.07) is 0.252. The fraction of sp³-hybridized carbons (Fsp3) is 0.909. The third kappa shape index (κ3) is 4.62. The first-order chi connectivity index (χ1) is 7.09. The third-order valence-electron chi connectivity index (χ3n) is 2.72. The van der Waals surface area contributed by atoms with Crippen molar-refractivity contribution in [3.05, 3.63) is 0 Å². The quantitative estimate of drug-likeness (QED) is 0.717. The van der Waals surface area contributed by atoms with Gasteiger partial charge in [-0.2, -0.15) is 0 Å². The summed E-state index contributed by atoms with van der Waals surface area (Å²) in [6.07, 6.45) is 1.23. The van der Waals surface area contributed by atoms with Crippen LogP contribution in [0.15, 0.2) is 0 Å². The number of piperidine rings is 1. The van der Waals surface area contributed by atoms with Crippen molar-refractivity contribution in [1.29, 1.82) is 0 Å². The van der Waals surface area contributed by atoms with Crippen LogP contribution < -0.4 is 10.6 Å². The van der Waals surface area contributed by atoms with Gasteiger partial charge in [0.1, 0.15) is 6.61 Å². The molecule has 2 unspecified atom stereocenters. The van der Waals surface area contributed by atoms with Crippen molar-refractivity contribution in [2.75, 3.05) is 19.7 Å². The highest BCUT2D eigenvalue weighted by Gasteiger charge is 2.22. The summed E-state index contributed by atoms with van der Waals surface area (Å²) in [5.74, 6) is 0.540. The number of rotatable bonds is 4. The zero-order chi connectivity index (χ0) is 11.3. The summed E-state index contributed by atoms with van der Waals surface area (Å²) in [6.45, 7) is 8.12. The van der Waals surface area contributed by atoms with Gasteiger partial charge in [-0.3, -0.25) is 4.79 Å². The van der Waals surface area contributed by atoms with Gasteiger partial charge in [-0.15, -0.1) is 0 Å². The van der Waals surface area contributed by atoms with Crippen molar-refractivity contribution in [3.8, 4) is 0 Å². The molecule has 2 atom stereocenters. The Bertz CT molecular complexity index is 207. The van der Waals surface area contributed by atoms with Crippen molar-refractivity contribution in [2.45, 2.75) is 39.3 Å². The number of hydrogen-bond donors (Lipinski definition) is 2. The summed E-state index contributed by atoms with van der Waals surface area (Å²) in [7, 11) is 0. The van der Waals surface area contributed by atoms with Crippen LogP contribution in [0.1, 0.15) is 27.2 Å². The molecule has 0 spiro atoms. The lowest BCUT2D eigenvalue weighted by atomic mass is 9.95. The zero-order valence-corrected chi connectivity index (χ0v) is 9.88. The molecule has 0 aromatic carbocycles. The van der Waals surface area contributed by atoms with E-state index in [0.717, 1.165) is 19.5 Å². The maximum Gasteiger partial charge on any atom is 0.246 e. The molecule has 15 heavy (non-hydrogen) atoms. The minimum Gasteiger partial charge on any atom is -0.369 e. The standard InChI is InChI=1S/C11H22N2O2/c1-8(2)15-7-11(14)13-10-6-12-5-4-9(10)3/h8-10,12H,4-7H2,1-3H3,(H,13,14). The Balaban J connectivity index is 2.24. The molecule has 1 amide bonds. The molecule has 2 N–H and O–H groups in total. The van der Waals surface area contributed by atoms with Crippen LogP contribution in [-0.4, -0.2) is 37.7 Å². The van der Waals surface area contributed by atoms with E-state index < -0.39 is 0 Å². The van der Waals surface area contributed by atoms with Crippen molar-refractivity contribution >= 4 is 5.91 Å². The number of nitrogens with one attached hydrogen (secondary N) is 2. The molecule has 1 aliphatic heterocycles. The molecular weight excluding hydrogens is 192 g/mol. The van der Waals surface area contributed by atoms with Crippen molar-refractivity contribution < 1.29 is 9.53 Å². The van der Waals surface area contributed by atoms with Gasteiger partial charge in [0.15, 0.2) is 0 Å². The SMILES string of the molecule is CC(C)OCC(=O)NC1CNCCC1C. The second-order valence-electron chi connectivity index (χ2n) is 4.50. The minimum atomic E-state index is -0.00995. The number of carbonyl (C=O) groups is 1. The Hall–Kier alpha value is -0.610. The number of carbonyl (C=O) groups excluding carboxylic acids is 1. The molecule has 0 aliphatic carbocycles. The molecule has 1 aliphatic rings. The largest absolute Gasteiger partial charge is 0.369 e. The summed E-state index contributed by atoms with van der Waals surface area (Å²) < 4.78 is 5.25. The Morgan fingerprint density at radius 1 is 1.60 bits per heavy atom. The van der Waals surface area contributed by atoms with E-state index in [9.17, 15) is 4.79 Å². The molecule has 88 valence electrons. The smallest absolute Gasteiger partial charge is 0.246 e. The van der Waals surface area contributed by atoms with E-state index in [1.807, 2.05) is 13.8 Å². The lowest BCUT2D eigenvalue weighted by Gasteiger charge is -2.30. The fourth-order valence-corrected chi connectivity index (χ4v) is 1.67. The molecule has 0 bridgehead atoms. The predicted octanol–water partition coefficient (Wildman–Crippen LogP) is 0.526. The molecule has 0 aromatic heterocycles. The van der Waals surface area contributed by atoms with Crippen molar-refractivity contribution in [3.63, 3.8) is 0 Å². The van der Waals surface area contributed by atoms with Crippen LogP contribution in [0.4, 0.5) is 0 Å². The fourth-order valence-electron chi connectivity index (χ4n) is 1.67. The van der Waals surface area contributed by atoms with Gasteiger partial charge >= 0.3 is 0 Å². The maximum atomic E-state index is 11.5. The summed E-state index contributed by atoms with van der Waals surface area (Å²) in [5, 5.41) is 6.28. The average molecular weight is 214 g/mol. The third-order valence-corrected chi connectivity index (χ3v) is 2.72. The second kappa shape index (κ2) is 6.08. The zero-order valence-electron chi connectivity index (χ0n) is 9.88. The van der Waals surface area contributed by atoms with Crippen LogP contribution in [-0.2, 0) is 9.53 Å². The first-order valence-electron chi connectivity index (χ1n) is 5.71. The molecule has 1 heterocycles. The topological polar surface area (TPSA) is 50.4 Å². The van der Waals surface area contributed by atoms with E-state index in [1.165, 1.54) is 0 Å². The monoisotopic (exact) mass is 214 g/mol. The maximum absolute atomic E-state index is 11.5. The normalized spacial score (nSPS) is 26.7. The van der Waals surface area contributed by atoms with Crippen LogP contribution in [0.5, 0.6) is 0 Å². The first-order valence-corrected chi connectivity index (χ1v) is 5.71. The summed E-state index contributed by atoms with van der Waals surface area (Å²) in [4.78, 5) is 11.5. The molecule has 1 saturated heterocycles. The van der Waals surface area contributed by atoms with Gasteiger partial charge in [-0.1, -0.05) is 6.92 Å². The van der Waals surface area contributed by atoms with E-state index in [-0.39, 0.29) is 24.7 Å². The molecule has 1 rings (SSSR count). The highest BCUT2D eigenvalue weighted by Crippen LogP contribution is 2.10. The van der Waals surface area contributed by atoms with Gasteiger partial charge in [0.2, 0.25) is 5.91 Å². The number of ether oxygens (including phenoxy) is 1. The van der Waals surface area contributed by atoms with Crippen LogP contribution in [0, 0.1) is 5.92 Å². The molecule has 4 heteroatoms. The van der Waals surface area contributed by atoms with Crippen molar-refractivity contribution in [2.24, 2.45) is 5.92 Å². The van der Waals surface area contributed by atoms with Gasteiger partial charge < -0.3 is 15.4 Å². The highest BCUT2D eigenvalue weighted by molar-refractivity contribution is 5.77.